The van der Waals surface area contributed by atoms with Crippen molar-refractivity contribution < 1.29 is 19.4 Å². The van der Waals surface area contributed by atoms with Crippen LogP contribution in [0.1, 0.15) is 10.5 Å². The molecule has 2 amide bonds. The first-order valence-corrected chi connectivity index (χ1v) is 14.3. The Morgan fingerprint density at radius 3 is 2.65 bits per heavy atom. The number of rotatable bonds is 7. The molecule has 0 bridgehead atoms. The summed E-state index contributed by atoms with van der Waals surface area (Å²) in [5, 5.41) is 19.4. The highest BCUT2D eigenvalue weighted by Gasteiger charge is 2.30. The number of carboxylic acid groups (broad SMARTS) is 1. The topological polar surface area (TPSA) is 98.8 Å². The van der Waals surface area contributed by atoms with Gasteiger partial charge in [-0.15, -0.1) is 0 Å². The zero-order valence-corrected chi connectivity index (χ0v) is 20.1. The van der Waals surface area contributed by atoms with Gasteiger partial charge in [-0.3, -0.25) is 9.69 Å². The summed E-state index contributed by atoms with van der Waals surface area (Å²) >= 11 is 12.7. The summed E-state index contributed by atoms with van der Waals surface area (Å²) in [6.07, 6.45) is -1.30. The number of fused-ring (bicyclic) bond motifs is 3. The average Bonchev–Trinajstić information content (AvgIpc) is 3.07. The monoisotopic (exact) mass is 482 g/mol. The second-order valence-electron chi connectivity index (χ2n) is 8.58. The lowest BCUT2D eigenvalue weighted by atomic mass is 10.2. The summed E-state index contributed by atoms with van der Waals surface area (Å²) in [6, 6.07) is 5.86. The Hall–Kier alpha value is -2.25. The maximum atomic E-state index is 13.1. The standard InChI is InChI=1S/C20H24Cl2N4O4Si/c1-31(2,3)9-8-30-12-24-6-7-25-16(19(24)27)10-13-15(26(5-4-23)20(28)29)11-14(21)17(22)18(13)25/h10-11H,5-9,12H2,1-3H3,(H,28,29). The van der Waals surface area contributed by atoms with Crippen LogP contribution >= 0.6 is 23.2 Å². The van der Waals surface area contributed by atoms with Gasteiger partial charge in [-0.05, 0) is 18.2 Å². The van der Waals surface area contributed by atoms with Crippen molar-refractivity contribution in [3.8, 4) is 6.07 Å². The van der Waals surface area contributed by atoms with Gasteiger partial charge in [0, 0.05) is 33.2 Å². The summed E-state index contributed by atoms with van der Waals surface area (Å²) in [7, 11) is -1.22. The second-order valence-corrected chi connectivity index (χ2v) is 15.0. The number of anilines is 1. The third-order valence-corrected chi connectivity index (χ3v) is 7.63. The molecule has 0 unspecified atom stereocenters. The van der Waals surface area contributed by atoms with E-state index in [0.29, 0.717) is 36.3 Å². The van der Waals surface area contributed by atoms with E-state index in [1.54, 1.807) is 15.5 Å². The molecule has 11 heteroatoms. The second kappa shape index (κ2) is 9.08. The van der Waals surface area contributed by atoms with Crippen LogP contribution in [0.25, 0.3) is 10.9 Å². The molecule has 2 heterocycles. The summed E-state index contributed by atoms with van der Waals surface area (Å²) in [5.74, 6) is -0.226. The lowest BCUT2D eigenvalue weighted by molar-refractivity contribution is 0.0222. The number of benzene rings is 1. The molecular formula is C20H24Cl2N4O4Si. The van der Waals surface area contributed by atoms with E-state index >= 15 is 0 Å². The normalized spacial score (nSPS) is 13.9. The quantitative estimate of drug-likeness (QED) is 0.349. The molecule has 0 aliphatic carbocycles. The van der Waals surface area contributed by atoms with Crippen LogP contribution < -0.4 is 4.90 Å². The van der Waals surface area contributed by atoms with Crippen LogP contribution in [-0.4, -0.2) is 61.1 Å². The molecular weight excluding hydrogens is 459 g/mol. The van der Waals surface area contributed by atoms with Crippen LogP contribution in [0.2, 0.25) is 35.7 Å². The van der Waals surface area contributed by atoms with E-state index in [4.69, 9.17) is 33.2 Å². The molecule has 166 valence electrons. The molecule has 0 spiro atoms. The van der Waals surface area contributed by atoms with Gasteiger partial charge >= 0.3 is 6.09 Å². The fourth-order valence-electron chi connectivity index (χ4n) is 3.47. The molecule has 31 heavy (non-hydrogen) atoms. The van der Waals surface area contributed by atoms with Crippen molar-refractivity contribution in [2.45, 2.75) is 32.2 Å². The molecule has 2 aromatic rings. The summed E-state index contributed by atoms with van der Waals surface area (Å²) in [4.78, 5) is 27.3. The van der Waals surface area contributed by atoms with Gasteiger partial charge in [0.2, 0.25) is 0 Å². The zero-order chi connectivity index (χ0) is 22.9. The minimum Gasteiger partial charge on any atom is -0.465 e. The lowest BCUT2D eigenvalue weighted by Crippen LogP contribution is -2.41. The molecule has 0 radical (unpaired) electrons. The van der Waals surface area contributed by atoms with Gasteiger partial charge in [0.15, 0.2) is 0 Å². The van der Waals surface area contributed by atoms with Crippen molar-refractivity contribution >= 4 is 59.9 Å². The first kappa shape index (κ1) is 23.4. The van der Waals surface area contributed by atoms with Crippen molar-refractivity contribution in [3.63, 3.8) is 0 Å². The van der Waals surface area contributed by atoms with Crippen LogP contribution in [0.15, 0.2) is 12.1 Å². The van der Waals surface area contributed by atoms with E-state index in [-0.39, 0.29) is 34.9 Å². The number of carbonyl (C=O) groups excluding carboxylic acids is 1. The Bertz CT molecular complexity index is 1070. The summed E-state index contributed by atoms with van der Waals surface area (Å²) in [5.41, 5.74) is 1.07. The third kappa shape index (κ3) is 4.82. The first-order valence-electron chi connectivity index (χ1n) is 9.81. The molecule has 0 atom stereocenters. The Morgan fingerprint density at radius 1 is 1.32 bits per heavy atom. The fraction of sp³-hybridized carbons (Fsp3) is 0.450. The number of nitrogens with zero attached hydrogens (tertiary/aromatic N) is 4. The molecule has 0 fully saturated rings. The Morgan fingerprint density at radius 2 is 2.03 bits per heavy atom. The van der Waals surface area contributed by atoms with Gasteiger partial charge in [-0.1, -0.05) is 42.8 Å². The molecule has 1 aliphatic heterocycles. The largest absolute Gasteiger partial charge is 0.465 e. The maximum Gasteiger partial charge on any atom is 0.412 e. The van der Waals surface area contributed by atoms with Gasteiger partial charge < -0.3 is 19.3 Å². The van der Waals surface area contributed by atoms with Crippen molar-refractivity contribution in [2.75, 3.05) is 31.3 Å². The molecule has 1 aliphatic rings. The van der Waals surface area contributed by atoms with Crippen LogP contribution in [0.4, 0.5) is 10.5 Å². The Labute approximate surface area is 191 Å². The molecule has 0 saturated heterocycles. The molecule has 0 saturated carbocycles. The predicted octanol–water partition coefficient (Wildman–Crippen LogP) is 4.72. The van der Waals surface area contributed by atoms with Crippen LogP contribution in [0.3, 0.4) is 0 Å². The highest BCUT2D eigenvalue weighted by Crippen LogP contribution is 2.40. The van der Waals surface area contributed by atoms with E-state index in [1.807, 2.05) is 6.07 Å². The number of amides is 2. The van der Waals surface area contributed by atoms with E-state index in [2.05, 4.69) is 19.6 Å². The number of hydrogen-bond donors (Lipinski definition) is 1. The number of halogens is 2. The average molecular weight is 483 g/mol. The van der Waals surface area contributed by atoms with Crippen molar-refractivity contribution in [2.24, 2.45) is 0 Å². The fourth-order valence-corrected chi connectivity index (χ4v) is 4.68. The molecule has 1 aromatic heterocycles. The minimum atomic E-state index is -1.30. The van der Waals surface area contributed by atoms with Crippen LogP contribution in [-0.2, 0) is 11.3 Å². The zero-order valence-electron chi connectivity index (χ0n) is 17.6. The number of ether oxygens (including phenoxy) is 1. The molecule has 1 N–H and O–H groups in total. The Kier molecular flexibility index (Phi) is 6.86. The lowest BCUT2D eigenvalue weighted by Gasteiger charge is -2.29. The molecule has 1 aromatic carbocycles. The van der Waals surface area contributed by atoms with Crippen molar-refractivity contribution in [1.82, 2.24) is 9.47 Å². The predicted molar refractivity (Wildman–Crippen MR) is 123 cm³/mol. The number of hydrogen-bond acceptors (Lipinski definition) is 4. The van der Waals surface area contributed by atoms with Gasteiger partial charge in [0.25, 0.3) is 5.91 Å². The van der Waals surface area contributed by atoms with Crippen LogP contribution in [0.5, 0.6) is 0 Å². The van der Waals surface area contributed by atoms with Crippen molar-refractivity contribution in [1.29, 1.82) is 5.26 Å². The first-order chi connectivity index (χ1) is 14.5. The molecule has 8 nitrogen and oxygen atoms in total. The van der Waals surface area contributed by atoms with Crippen molar-refractivity contribution in [3.05, 3.63) is 27.9 Å². The molecule has 3 rings (SSSR count). The number of nitriles is 1. The van der Waals surface area contributed by atoms with E-state index in [1.165, 1.54) is 6.07 Å². The van der Waals surface area contributed by atoms with Gasteiger partial charge in [-0.2, -0.15) is 5.26 Å². The van der Waals surface area contributed by atoms with E-state index < -0.39 is 14.2 Å². The van der Waals surface area contributed by atoms with Gasteiger partial charge in [0.05, 0.1) is 27.3 Å². The summed E-state index contributed by atoms with van der Waals surface area (Å²) in [6.45, 7) is 8.11. The number of carbonyl (C=O) groups is 2. The highest BCUT2D eigenvalue weighted by atomic mass is 35.5. The number of aromatic nitrogens is 1. The maximum absolute atomic E-state index is 13.1. The van der Waals surface area contributed by atoms with Gasteiger partial charge in [0.1, 0.15) is 19.0 Å². The summed E-state index contributed by atoms with van der Waals surface area (Å²) < 4.78 is 7.49. The minimum absolute atomic E-state index is 0.152. The van der Waals surface area contributed by atoms with Crippen LogP contribution in [0, 0.1) is 11.3 Å². The van der Waals surface area contributed by atoms with E-state index in [0.717, 1.165) is 10.9 Å². The Balaban J connectivity index is 1.96. The highest BCUT2D eigenvalue weighted by molar-refractivity contribution is 6.76. The smallest absolute Gasteiger partial charge is 0.412 e. The van der Waals surface area contributed by atoms with E-state index in [9.17, 15) is 14.7 Å². The third-order valence-electron chi connectivity index (χ3n) is 5.15. The SMILES string of the molecule is C[Si](C)(C)CCOCN1CCn2c(cc3c(N(CC#N)C(=O)O)cc(Cl)c(Cl)c32)C1=O. The van der Waals surface area contributed by atoms with Gasteiger partial charge in [-0.25, -0.2) is 4.79 Å².